The Morgan fingerprint density at radius 2 is 1.88 bits per heavy atom. The SMILES string of the molecule is NCC(F)(F)CNC(=O)C(Cc1ccccc1)NC(=O)c1ccco1. The van der Waals surface area contributed by atoms with Crippen LogP contribution in [0.4, 0.5) is 8.78 Å². The molecule has 1 unspecified atom stereocenters. The predicted octanol–water partition coefficient (Wildman–Crippen LogP) is 1.33. The van der Waals surface area contributed by atoms with E-state index in [1.165, 1.54) is 18.4 Å². The number of amides is 2. The summed E-state index contributed by atoms with van der Waals surface area (Å²) in [5, 5.41) is 4.63. The van der Waals surface area contributed by atoms with Gasteiger partial charge in [-0.15, -0.1) is 0 Å². The number of hydrogen-bond donors (Lipinski definition) is 3. The summed E-state index contributed by atoms with van der Waals surface area (Å²) in [6.45, 7) is -1.78. The molecule has 6 nitrogen and oxygen atoms in total. The third-order valence-corrected chi connectivity index (χ3v) is 3.47. The number of hydrogen-bond acceptors (Lipinski definition) is 4. The molecule has 2 amide bonds. The van der Waals surface area contributed by atoms with E-state index < -0.39 is 36.9 Å². The molecule has 8 heteroatoms. The van der Waals surface area contributed by atoms with Gasteiger partial charge in [-0.2, -0.15) is 0 Å². The molecule has 2 rings (SSSR count). The van der Waals surface area contributed by atoms with Gasteiger partial charge in [-0.05, 0) is 17.7 Å². The maximum atomic E-state index is 13.2. The minimum absolute atomic E-state index is 0.0261. The van der Waals surface area contributed by atoms with Crippen molar-refractivity contribution in [2.75, 3.05) is 13.1 Å². The fourth-order valence-electron chi connectivity index (χ4n) is 2.11. The maximum Gasteiger partial charge on any atom is 0.287 e. The molecule has 0 saturated heterocycles. The summed E-state index contributed by atoms with van der Waals surface area (Å²) in [6, 6.07) is 10.8. The molecule has 1 aromatic heterocycles. The first-order valence-corrected chi connectivity index (χ1v) is 7.65. The van der Waals surface area contributed by atoms with Crippen LogP contribution in [0.2, 0.25) is 0 Å². The zero-order valence-corrected chi connectivity index (χ0v) is 13.4. The van der Waals surface area contributed by atoms with E-state index in [0.717, 1.165) is 5.56 Å². The van der Waals surface area contributed by atoms with Crippen molar-refractivity contribution in [2.24, 2.45) is 5.73 Å². The number of carbonyl (C=O) groups excluding carboxylic acids is 2. The number of carbonyl (C=O) groups is 2. The van der Waals surface area contributed by atoms with E-state index in [1.54, 1.807) is 24.3 Å². The Morgan fingerprint density at radius 3 is 2.48 bits per heavy atom. The highest BCUT2D eigenvalue weighted by Gasteiger charge is 2.30. The minimum Gasteiger partial charge on any atom is -0.459 e. The second-order valence-electron chi connectivity index (χ2n) is 5.47. The Balaban J connectivity index is 2.08. The summed E-state index contributed by atoms with van der Waals surface area (Å²) < 4.78 is 31.5. The number of rotatable bonds is 8. The zero-order chi connectivity index (χ0) is 18.3. The first-order chi connectivity index (χ1) is 11.9. The van der Waals surface area contributed by atoms with Gasteiger partial charge in [-0.3, -0.25) is 9.59 Å². The van der Waals surface area contributed by atoms with Gasteiger partial charge in [-0.25, -0.2) is 8.78 Å². The summed E-state index contributed by atoms with van der Waals surface area (Å²) >= 11 is 0. The van der Waals surface area contributed by atoms with Crippen LogP contribution in [-0.2, 0) is 11.2 Å². The Hall–Kier alpha value is -2.74. The molecule has 0 spiro atoms. The molecular formula is C17H19F2N3O3. The van der Waals surface area contributed by atoms with E-state index in [0.29, 0.717) is 0 Å². The normalized spacial score (nSPS) is 12.4. The Morgan fingerprint density at radius 1 is 1.16 bits per heavy atom. The number of halogens is 2. The van der Waals surface area contributed by atoms with Crippen molar-refractivity contribution >= 4 is 11.8 Å². The summed E-state index contributed by atoms with van der Waals surface area (Å²) in [6.07, 6.45) is 1.47. The monoisotopic (exact) mass is 351 g/mol. The van der Waals surface area contributed by atoms with E-state index in [1.807, 2.05) is 6.07 Å². The van der Waals surface area contributed by atoms with Gasteiger partial charge in [0.05, 0.1) is 19.4 Å². The van der Waals surface area contributed by atoms with Crippen LogP contribution in [-0.4, -0.2) is 36.9 Å². The number of nitrogens with two attached hydrogens (primary N) is 1. The summed E-state index contributed by atoms with van der Waals surface area (Å²) in [5.74, 6) is -4.51. The van der Waals surface area contributed by atoms with Crippen LogP contribution in [0.3, 0.4) is 0 Å². The van der Waals surface area contributed by atoms with Crippen molar-refractivity contribution in [3.05, 3.63) is 60.1 Å². The van der Waals surface area contributed by atoms with E-state index in [2.05, 4.69) is 10.6 Å². The third kappa shape index (κ3) is 5.68. The molecule has 0 aliphatic rings. The van der Waals surface area contributed by atoms with Crippen LogP contribution in [0.15, 0.2) is 53.1 Å². The van der Waals surface area contributed by atoms with Crippen LogP contribution in [0.25, 0.3) is 0 Å². The number of furan rings is 1. The van der Waals surface area contributed by atoms with Crippen molar-refractivity contribution in [1.82, 2.24) is 10.6 Å². The lowest BCUT2D eigenvalue weighted by molar-refractivity contribution is -0.124. The van der Waals surface area contributed by atoms with E-state index in [-0.39, 0.29) is 12.2 Å². The van der Waals surface area contributed by atoms with Gasteiger partial charge in [-0.1, -0.05) is 30.3 Å². The molecule has 0 saturated carbocycles. The molecule has 0 aliphatic carbocycles. The standard InChI is InChI=1S/C17H19F2N3O3/c18-17(19,10-20)11-21-15(23)13(9-12-5-2-1-3-6-12)22-16(24)14-7-4-8-25-14/h1-8,13H,9-11,20H2,(H,21,23)(H,22,24). The fraction of sp³-hybridized carbons (Fsp3) is 0.294. The highest BCUT2D eigenvalue weighted by molar-refractivity contribution is 5.95. The van der Waals surface area contributed by atoms with E-state index >= 15 is 0 Å². The molecule has 0 fully saturated rings. The van der Waals surface area contributed by atoms with Crippen LogP contribution < -0.4 is 16.4 Å². The first kappa shape index (κ1) is 18.6. The zero-order valence-electron chi connectivity index (χ0n) is 13.4. The van der Waals surface area contributed by atoms with Gasteiger partial charge in [0, 0.05) is 6.42 Å². The molecular weight excluding hydrogens is 332 g/mol. The van der Waals surface area contributed by atoms with Gasteiger partial charge < -0.3 is 20.8 Å². The van der Waals surface area contributed by atoms with Crippen molar-refractivity contribution in [2.45, 2.75) is 18.4 Å². The number of benzene rings is 1. The predicted molar refractivity (Wildman–Crippen MR) is 87.1 cm³/mol. The molecule has 1 heterocycles. The van der Waals surface area contributed by atoms with E-state index in [4.69, 9.17) is 10.2 Å². The molecule has 0 bridgehead atoms. The highest BCUT2D eigenvalue weighted by Crippen LogP contribution is 2.10. The topological polar surface area (TPSA) is 97.4 Å². The van der Waals surface area contributed by atoms with Crippen molar-refractivity contribution < 1.29 is 22.8 Å². The third-order valence-electron chi connectivity index (χ3n) is 3.47. The lowest BCUT2D eigenvalue weighted by Gasteiger charge is -2.20. The lowest BCUT2D eigenvalue weighted by Crippen LogP contribution is -2.51. The van der Waals surface area contributed by atoms with Crippen molar-refractivity contribution in [3.63, 3.8) is 0 Å². The highest BCUT2D eigenvalue weighted by atomic mass is 19.3. The van der Waals surface area contributed by atoms with E-state index in [9.17, 15) is 18.4 Å². The Kier molecular flexibility index (Phi) is 6.24. The largest absolute Gasteiger partial charge is 0.459 e. The first-order valence-electron chi connectivity index (χ1n) is 7.65. The molecule has 4 N–H and O–H groups in total. The van der Waals surface area contributed by atoms with Gasteiger partial charge in [0.2, 0.25) is 5.91 Å². The van der Waals surface area contributed by atoms with Gasteiger partial charge >= 0.3 is 0 Å². The molecule has 0 radical (unpaired) electrons. The number of alkyl halides is 2. The van der Waals surface area contributed by atoms with Gasteiger partial charge in [0.25, 0.3) is 11.8 Å². The summed E-state index contributed by atoms with van der Waals surface area (Å²) in [5.41, 5.74) is 5.72. The summed E-state index contributed by atoms with van der Waals surface area (Å²) in [4.78, 5) is 24.4. The lowest BCUT2D eigenvalue weighted by atomic mass is 10.0. The average molecular weight is 351 g/mol. The maximum absolute atomic E-state index is 13.2. The molecule has 25 heavy (non-hydrogen) atoms. The smallest absolute Gasteiger partial charge is 0.287 e. The summed E-state index contributed by atoms with van der Waals surface area (Å²) in [7, 11) is 0. The molecule has 0 aliphatic heterocycles. The van der Waals surface area contributed by atoms with Crippen LogP contribution in [0.1, 0.15) is 16.1 Å². The Bertz CT molecular complexity index is 690. The minimum atomic E-state index is -3.21. The van der Waals surface area contributed by atoms with Crippen LogP contribution >= 0.6 is 0 Å². The Labute approximate surface area is 143 Å². The van der Waals surface area contributed by atoms with Crippen molar-refractivity contribution in [3.8, 4) is 0 Å². The van der Waals surface area contributed by atoms with Crippen LogP contribution in [0.5, 0.6) is 0 Å². The molecule has 1 atom stereocenters. The second kappa shape index (κ2) is 8.39. The number of nitrogens with one attached hydrogen (secondary N) is 2. The van der Waals surface area contributed by atoms with Crippen LogP contribution in [0, 0.1) is 0 Å². The van der Waals surface area contributed by atoms with Gasteiger partial charge in [0.1, 0.15) is 6.04 Å². The molecule has 1 aromatic carbocycles. The fourth-order valence-corrected chi connectivity index (χ4v) is 2.11. The average Bonchev–Trinajstić information content (AvgIpc) is 3.15. The molecule has 2 aromatic rings. The second-order valence-corrected chi connectivity index (χ2v) is 5.47. The molecule has 134 valence electrons. The van der Waals surface area contributed by atoms with Crippen molar-refractivity contribution in [1.29, 1.82) is 0 Å². The van der Waals surface area contributed by atoms with Gasteiger partial charge in [0.15, 0.2) is 5.76 Å². The quantitative estimate of drug-likeness (QED) is 0.668.